The molecule has 9 heteroatoms. The number of aliphatic hydroxyl groups excluding tert-OH is 1. The molecule has 1 amide bonds. The van der Waals surface area contributed by atoms with Crippen molar-refractivity contribution < 1.29 is 32.9 Å². The van der Waals surface area contributed by atoms with Gasteiger partial charge in [-0.15, -0.1) is 0 Å². The molecule has 0 aromatic rings. The third-order valence-corrected chi connectivity index (χ3v) is 12.5. The van der Waals surface area contributed by atoms with Gasteiger partial charge in [0.2, 0.25) is 5.91 Å². The third kappa shape index (κ3) is 43.3. The Labute approximate surface area is 361 Å². The highest BCUT2D eigenvalue weighted by atomic mass is 31.2. The van der Waals surface area contributed by atoms with Crippen molar-refractivity contribution in [3.8, 4) is 0 Å². The predicted octanol–water partition coefficient (Wildman–Crippen LogP) is 14.3. The van der Waals surface area contributed by atoms with Crippen molar-refractivity contribution in [1.29, 1.82) is 0 Å². The highest BCUT2D eigenvalue weighted by Gasteiger charge is 2.28. The molecular formula is C49H100N2O6P+. The molecular weight excluding hydrogens is 744 g/mol. The molecule has 0 fully saturated rings. The van der Waals surface area contributed by atoms with Gasteiger partial charge in [-0.3, -0.25) is 13.8 Å². The number of aliphatic hydroxyl groups is 1. The normalized spacial score (nSPS) is 14.3. The largest absolute Gasteiger partial charge is 0.472 e. The third-order valence-electron chi connectivity index (χ3n) is 11.5. The number of phosphoric ester groups is 1. The van der Waals surface area contributed by atoms with Crippen molar-refractivity contribution in [2.75, 3.05) is 40.9 Å². The van der Waals surface area contributed by atoms with E-state index >= 15 is 0 Å². The number of carbonyl (C=O) groups excluding carboxylic acids is 1. The zero-order valence-electron chi connectivity index (χ0n) is 39.3. The first-order valence-electron chi connectivity index (χ1n) is 25.1. The number of nitrogens with one attached hydrogen (secondary N) is 1. The number of carbonyl (C=O) groups is 1. The van der Waals surface area contributed by atoms with Crippen LogP contribution in [0.3, 0.4) is 0 Å². The lowest BCUT2D eigenvalue weighted by molar-refractivity contribution is -0.870. The molecule has 0 spiro atoms. The van der Waals surface area contributed by atoms with Gasteiger partial charge in [0.05, 0.1) is 39.9 Å². The van der Waals surface area contributed by atoms with Crippen molar-refractivity contribution in [3.05, 3.63) is 12.2 Å². The van der Waals surface area contributed by atoms with Crippen LogP contribution in [0.2, 0.25) is 0 Å². The van der Waals surface area contributed by atoms with Gasteiger partial charge in [-0.2, -0.15) is 0 Å². The van der Waals surface area contributed by atoms with E-state index in [1.165, 1.54) is 180 Å². The molecule has 0 saturated heterocycles. The van der Waals surface area contributed by atoms with Gasteiger partial charge in [0.15, 0.2) is 0 Å². The van der Waals surface area contributed by atoms with Crippen LogP contribution >= 0.6 is 7.82 Å². The summed E-state index contributed by atoms with van der Waals surface area (Å²) in [7, 11) is 1.62. The molecule has 0 radical (unpaired) electrons. The Morgan fingerprint density at radius 1 is 0.569 bits per heavy atom. The van der Waals surface area contributed by atoms with E-state index in [0.29, 0.717) is 23.9 Å². The molecule has 346 valence electrons. The fraction of sp³-hybridized carbons (Fsp3) is 0.939. The van der Waals surface area contributed by atoms with E-state index < -0.39 is 20.0 Å². The van der Waals surface area contributed by atoms with Crippen LogP contribution in [0.4, 0.5) is 0 Å². The van der Waals surface area contributed by atoms with Crippen LogP contribution in [0.5, 0.6) is 0 Å². The average molecular weight is 844 g/mol. The molecule has 8 nitrogen and oxygen atoms in total. The number of nitrogens with zero attached hydrogens (tertiary/aromatic N) is 1. The minimum absolute atomic E-state index is 0.0759. The van der Waals surface area contributed by atoms with Crippen LogP contribution in [0.1, 0.15) is 245 Å². The number of hydrogen-bond acceptors (Lipinski definition) is 5. The zero-order valence-corrected chi connectivity index (χ0v) is 40.2. The van der Waals surface area contributed by atoms with Crippen LogP contribution in [0, 0.1) is 0 Å². The number of hydrogen-bond donors (Lipinski definition) is 3. The molecule has 0 bridgehead atoms. The fourth-order valence-electron chi connectivity index (χ4n) is 7.51. The number of allylic oxidation sites excluding steroid dienone is 2. The summed E-state index contributed by atoms with van der Waals surface area (Å²) in [6.45, 7) is 4.91. The molecule has 0 rings (SSSR count). The van der Waals surface area contributed by atoms with Crippen LogP contribution in [-0.4, -0.2) is 73.4 Å². The minimum Gasteiger partial charge on any atom is -0.391 e. The molecule has 0 heterocycles. The first kappa shape index (κ1) is 57.2. The van der Waals surface area contributed by atoms with Gasteiger partial charge in [-0.25, -0.2) is 4.57 Å². The molecule has 3 atom stereocenters. The van der Waals surface area contributed by atoms with Crippen molar-refractivity contribution in [1.82, 2.24) is 5.32 Å². The fourth-order valence-corrected chi connectivity index (χ4v) is 8.25. The smallest absolute Gasteiger partial charge is 0.391 e. The molecule has 3 unspecified atom stereocenters. The average Bonchev–Trinajstić information content (AvgIpc) is 3.17. The van der Waals surface area contributed by atoms with Crippen LogP contribution in [0.25, 0.3) is 0 Å². The monoisotopic (exact) mass is 844 g/mol. The van der Waals surface area contributed by atoms with Gasteiger partial charge in [-0.05, 0) is 38.5 Å². The first-order valence-corrected chi connectivity index (χ1v) is 26.5. The number of rotatable bonds is 46. The van der Waals surface area contributed by atoms with Gasteiger partial charge >= 0.3 is 7.82 Å². The van der Waals surface area contributed by atoms with Crippen LogP contribution < -0.4 is 5.32 Å². The van der Waals surface area contributed by atoms with E-state index in [1.54, 1.807) is 0 Å². The SMILES string of the molecule is CCCCCCCCCCC/C=C\CCCCCCCCCC(=O)NC(COP(=O)(O)OCC[N+](C)(C)C)C(O)CCCCCCCCCCCCCCCCCC. The zero-order chi connectivity index (χ0) is 42.8. The van der Waals surface area contributed by atoms with Crippen molar-refractivity contribution in [2.45, 2.75) is 257 Å². The Morgan fingerprint density at radius 2 is 0.931 bits per heavy atom. The summed E-state index contributed by atoms with van der Waals surface area (Å²) in [4.78, 5) is 23.2. The van der Waals surface area contributed by atoms with Crippen LogP contribution in [-0.2, 0) is 18.4 Å². The number of amides is 1. The Morgan fingerprint density at radius 3 is 1.33 bits per heavy atom. The van der Waals surface area contributed by atoms with E-state index in [4.69, 9.17) is 9.05 Å². The van der Waals surface area contributed by atoms with Crippen LogP contribution in [0.15, 0.2) is 12.2 Å². The Kier molecular flexibility index (Phi) is 41.0. The molecule has 0 aliphatic heterocycles. The van der Waals surface area contributed by atoms with Gasteiger partial charge in [0.25, 0.3) is 0 Å². The van der Waals surface area contributed by atoms with Gasteiger partial charge in [-0.1, -0.05) is 212 Å². The highest BCUT2D eigenvalue weighted by Crippen LogP contribution is 2.43. The molecule has 3 N–H and O–H groups in total. The molecule has 0 aliphatic rings. The number of unbranched alkanes of at least 4 members (excludes halogenated alkanes) is 31. The summed E-state index contributed by atoms with van der Waals surface area (Å²) in [5.74, 6) is -0.146. The summed E-state index contributed by atoms with van der Waals surface area (Å²) in [6, 6.07) is -0.759. The lowest BCUT2D eigenvalue weighted by atomic mass is 10.0. The lowest BCUT2D eigenvalue weighted by Gasteiger charge is -2.26. The summed E-state index contributed by atoms with van der Waals surface area (Å²) in [5.41, 5.74) is 0. The maximum Gasteiger partial charge on any atom is 0.472 e. The first-order chi connectivity index (χ1) is 28.0. The summed E-state index contributed by atoms with van der Waals surface area (Å²) in [6.07, 6.45) is 48.1. The molecule has 0 saturated carbocycles. The second-order valence-electron chi connectivity index (χ2n) is 18.5. The molecule has 0 aliphatic carbocycles. The number of quaternary nitrogens is 1. The topological polar surface area (TPSA) is 105 Å². The molecule has 0 aromatic heterocycles. The van der Waals surface area contributed by atoms with E-state index in [-0.39, 0.29) is 19.1 Å². The summed E-state index contributed by atoms with van der Waals surface area (Å²) < 4.78 is 23.7. The standard InChI is InChI=1S/C49H99N2O6P/c1-6-8-10-12-14-16-18-20-22-24-25-26-27-29-31-33-35-37-39-41-43-49(53)50-47(46-57-58(54,55)56-45-44-51(3,4)5)48(52)42-40-38-36-34-32-30-28-23-21-19-17-15-13-11-9-7-2/h25-26,47-48,52H,6-24,27-46H2,1-5H3,(H-,50,53,54,55)/p+1/b26-25-. The summed E-state index contributed by atoms with van der Waals surface area (Å²) >= 11 is 0. The van der Waals surface area contributed by atoms with E-state index in [2.05, 4.69) is 31.3 Å². The van der Waals surface area contributed by atoms with Crippen molar-refractivity contribution in [2.24, 2.45) is 0 Å². The van der Waals surface area contributed by atoms with Gasteiger partial charge < -0.3 is 19.8 Å². The quantitative estimate of drug-likeness (QED) is 0.0244. The maximum atomic E-state index is 12.9. The second kappa shape index (κ2) is 41.6. The number of phosphoric acid groups is 1. The van der Waals surface area contributed by atoms with E-state index in [1.807, 2.05) is 21.1 Å². The van der Waals surface area contributed by atoms with Gasteiger partial charge in [0.1, 0.15) is 13.2 Å². The Bertz CT molecular complexity index is 958. The van der Waals surface area contributed by atoms with Crippen molar-refractivity contribution in [3.63, 3.8) is 0 Å². The predicted molar refractivity (Wildman–Crippen MR) is 249 cm³/mol. The van der Waals surface area contributed by atoms with E-state index in [9.17, 15) is 19.4 Å². The Hall–Kier alpha value is -0.760. The van der Waals surface area contributed by atoms with Gasteiger partial charge in [0, 0.05) is 6.42 Å². The maximum absolute atomic E-state index is 12.9. The van der Waals surface area contributed by atoms with Crippen molar-refractivity contribution >= 4 is 13.7 Å². The summed E-state index contributed by atoms with van der Waals surface area (Å²) in [5, 5.41) is 14.0. The second-order valence-corrected chi connectivity index (χ2v) is 20.0. The molecule has 0 aromatic carbocycles. The van der Waals surface area contributed by atoms with E-state index in [0.717, 1.165) is 38.5 Å². The minimum atomic E-state index is -4.31. The molecule has 58 heavy (non-hydrogen) atoms. The Balaban J connectivity index is 4.26. The number of likely N-dealkylation sites (N-methyl/N-ethyl adjacent to an activating group) is 1. The lowest BCUT2D eigenvalue weighted by Crippen LogP contribution is -2.46. The highest BCUT2D eigenvalue weighted by molar-refractivity contribution is 7.47.